The minimum Gasteiger partial charge on any atom is -0.312 e. The number of hydrogen-bond donors (Lipinski definition) is 1. The molecule has 3 rings (SSSR count). The summed E-state index contributed by atoms with van der Waals surface area (Å²) < 4.78 is 0. The summed E-state index contributed by atoms with van der Waals surface area (Å²) in [6.07, 6.45) is 6.19. The molecule has 3 aliphatic heterocycles. The lowest BCUT2D eigenvalue weighted by molar-refractivity contribution is -0.142. The van der Waals surface area contributed by atoms with Crippen LogP contribution in [-0.2, 0) is 9.59 Å². The van der Waals surface area contributed by atoms with Crippen molar-refractivity contribution in [2.24, 2.45) is 0 Å². The molecule has 3 aliphatic rings. The van der Waals surface area contributed by atoms with E-state index in [0.29, 0.717) is 31.6 Å². The molecule has 3 fully saturated rings. The van der Waals surface area contributed by atoms with E-state index in [1.54, 1.807) is 0 Å². The third-order valence-corrected chi connectivity index (χ3v) is 4.69. The Bertz CT molecular complexity index is 366. The lowest BCUT2D eigenvalue weighted by atomic mass is 10.0. The Labute approximate surface area is 114 Å². The van der Waals surface area contributed by atoms with E-state index in [2.05, 4.69) is 10.2 Å². The molecule has 5 nitrogen and oxygen atoms in total. The van der Waals surface area contributed by atoms with Crippen molar-refractivity contribution in [1.29, 1.82) is 0 Å². The first-order valence-corrected chi connectivity index (χ1v) is 7.56. The lowest BCUT2D eigenvalue weighted by Crippen LogP contribution is -2.48. The van der Waals surface area contributed by atoms with Gasteiger partial charge in [0, 0.05) is 25.0 Å². The Morgan fingerprint density at radius 3 is 2.79 bits per heavy atom. The molecule has 19 heavy (non-hydrogen) atoms. The van der Waals surface area contributed by atoms with Gasteiger partial charge in [-0.2, -0.15) is 0 Å². The summed E-state index contributed by atoms with van der Waals surface area (Å²) in [6.45, 7) is 3.15. The molecule has 0 aromatic heterocycles. The van der Waals surface area contributed by atoms with Crippen molar-refractivity contribution < 1.29 is 9.59 Å². The van der Waals surface area contributed by atoms with Crippen LogP contribution in [0.3, 0.4) is 0 Å². The molecule has 2 unspecified atom stereocenters. The fourth-order valence-corrected chi connectivity index (χ4v) is 3.71. The molecule has 1 N–H and O–H groups in total. The van der Waals surface area contributed by atoms with Gasteiger partial charge in [0.2, 0.25) is 11.8 Å². The number of likely N-dealkylation sites (tertiary alicyclic amines) is 2. The predicted octanol–water partition coefficient (Wildman–Crippen LogP) is 0.352. The first-order valence-electron chi connectivity index (χ1n) is 7.56. The summed E-state index contributed by atoms with van der Waals surface area (Å²) in [6, 6.07) is 1.04. The monoisotopic (exact) mass is 265 g/mol. The lowest BCUT2D eigenvalue weighted by Gasteiger charge is -2.30. The highest BCUT2D eigenvalue weighted by atomic mass is 16.2. The molecule has 2 amide bonds. The quantitative estimate of drug-likeness (QED) is 0.800. The Kier molecular flexibility index (Phi) is 3.84. The third-order valence-electron chi connectivity index (χ3n) is 4.69. The first kappa shape index (κ1) is 13.1. The van der Waals surface area contributed by atoms with Gasteiger partial charge in [-0.15, -0.1) is 0 Å². The SMILES string of the molecule is O=C1CCCN1C(=O)CN1CCCC1C1CCCN1. The van der Waals surface area contributed by atoms with E-state index in [1.807, 2.05) is 0 Å². The minimum atomic E-state index is 0.00685. The number of imide groups is 1. The Hall–Kier alpha value is -0.940. The van der Waals surface area contributed by atoms with Crippen LogP contribution in [0, 0.1) is 0 Å². The van der Waals surface area contributed by atoms with Crippen LogP contribution in [0.5, 0.6) is 0 Å². The minimum absolute atomic E-state index is 0.00685. The van der Waals surface area contributed by atoms with Gasteiger partial charge in [0.05, 0.1) is 6.54 Å². The van der Waals surface area contributed by atoms with Gasteiger partial charge >= 0.3 is 0 Å². The molecule has 0 radical (unpaired) electrons. The number of carbonyl (C=O) groups is 2. The zero-order valence-electron chi connectivity index (χ0n) is 11.4. The molecule has 0 saturated carbocycles. The highest BCUT2D eigenvalue weighted by Gasteiger charge is 2.36. The summed E-state index contributed by atoms with van der Waals surface area (Å²) in [5, 5.41) is 3.55. The highest BCUT2D eigenvalue weighted by Crippen LogP contribution is 2.25. The van der Waals surface area contributed by atoms with Gasteiger partial charge < -0.3 is 5.32 Å². The molecular weight excluding hydrogens is 242 g/mol. The maximum atomic E-state index is 12.2. The Balaban J connectivity index is 1.58. The van der Waals surface area contributed by atoms with E-state index in [1.165, 1.54) is 30.6 Å². The molecule has 0 aromatic carbocycles. The summed E-state index contributed by atoms with van der Waals surface area (Å²) in [7, 11) is 0. The van der Waals surface area contributed by atoms with Crippen molar-refractivity contribution in [3.63, 3.8) is 0 Å². The highest BCUT2D eigenvalue weighted by molar-refractivity contribution is 5.97. The topological polar surface area (TPSA) is 52.7 Å². The van der Waals surface area contributed by atoms with Crippen LogP contribution in [0.15, 0.2) is 0 Å². The Morgan fingerprint density at radius 2 is 2.11 bits per heavy atom. The van der Waals surface area contributed by atoms with Crippen LogP contribution >= 0.6 is 0 Å². The molecule has 106 valence electrons. The molecule has 5 heteroatoms. The summed E-state index contributed by atoms with van der Waals surface area (Å²) in [4.78, 5) is 27.6. The van der Waals surface area contributed by atoms with Crippen LogP contribution in [0.4, 0.5) is 0 Å². The second kappa shape index (κ2) is 5.59. The fraction of sp³-hybridized carbons (Fsp3) is 0.857. The third kappa shape index (κ3) is 2.67. The van der Waals surface area contributed by atoms with Crippen LogP contribution in [0.25, 0.3) is 0 Å². The molecule has 0 aromatic rings. The number of carbonyl (C=O) groups excluding carboxylic acids is 2. The first-order chi connectivity index (χ1) is 9.25. The van der Waals surface area contributed by atoms with Crippen molar-refractivity contribution in [2.75, 3.05) is 26.2 Å². The van der Waals surface area contributed by atoms with Crippen molar-refractivity contribution in [3.05, 3.63) is 0 Å². The molecule has 2 atom stereocenters. The fourth-order valence-electron chi connectivity index (χ4n) is 3.71. The van der Waals surface area contributed by atoms with Crippen molar-refractivity contribution in [2.45, 2.75) is 50.6 Å². The predicted molar refractivity (Wildman–Crippen MR) is 71.6 cm³/mol. The summed E-state index contributed by atoms with van der Waals surface area (Å²) in [5.41, 5.74) is 0. The molecule has 0 aliphatic carbocycles. The molecule has 0 spiro atoms. The van der Waals surface area contributed by atoms with E-state index in [0.717, 1.165) is 19.5 Å². The van der Waals surface area contributed by atoms with Gasteiger partial charge in [0.15, 0.2) is 0 Å². The summed E-state index contributed by atoms with van der Waals surface area (Å²) >= 11 is 0. The normalized spacial score (nSPS) is 32.4. The number of hydrogen-bond acceptors (Lipinski definition) is 4. The van der Waals surface area contributed by atoms with Crippen LogP contribution in [0.1, 0.15) is 38.5 Å². The van der Waals surface area contributed by atoms with Crippen LogP contribution in [-0.4, -0.2) is 59.9 Å². The number of nitrogens with one attached hydrogen (secondary N) is 1. The number of nitrogens with zero attached hydrogens (tertiary/aromatic N) is 2. The van der Waals surface area contributed by atoms with E-state index < -0.39 is 0 Å². The number of rotatable bonds is 3. The van der Waals surface area contributed by atoms with Crippen LogP contribution in [0.2, 0.25) is 0 Å². The Morgan fingerprint density at radius 1 is 1.21 bits per heavy atom. The average Bonchev–Trinajstić information content (AvgIpc) is 3.07. The van der Waals surface area contributed by atoms with Gasteiger partial charge in [0.25, 0.3) is 0 Å². The van der Waals surface area contributed by atoms with Crippen molar-refractivity contribution >= 4 is 11.8 Å². The van der Waals surface area contributed by atoms with Gasteiger partial charge in [-0.25, -0.2) is 0 Å². The number of amides is 2. The van der Waals surface area contributed by atoms with Gasteiger partial charge in [-0.05, 0) is 45.2 Å². The largest absolute Gasteiger partial charge is 0.312 e. The molecule has 3 saturated heterocycles. The van der Waals surface area contributed by atoms with Gasteiger partial charge in [0.1, 0.15) is 0 Å². The van der Waals surface area contributed by atoms with E-state index in [9.17, 15) is 9.59 Å². The molecule has 3 heterocycles. The maximum Gasteiger partial charge on any atom is 0.243 e. The van der Waals surface area contributed by atoms with Crippen molar-refractivity contribution in [3.8, 4) is 0 Å². The standard InChI is InChI=1S/C14H23N3O2/c18-13-6-3-9-17(13)14(19)10-16-8-2-5-12(16)11-4-1-7-15-11/h11-12,15H,1-10H2. The molecular formula is C14H23N3O2. The van der Waals surface area contributed by atoms with Crippen LogP contribution < -0.4 is 5.32 Å². The van der Waals surface area contributed by atoms with E-state index >= 15 is 0 Å². The second-order valence-corrected chi connectivity index (χ2v) is 5.93. The average molecular weight is 265 g/mol. The van der Waals surface area contributed by atoms with Gasteiger partial charge in [-0.1, -0.05) is 0 Å². The van der Waals surface area contributed by atoms with Gasteiger partial charge in [-0.3, -0.25) is 19.4 Å². The zero-order chi connectivity index (χ0) is 13.2. The second-order valence-electron chi connectivity index (χ2n) is 5.93. The molecule has 0 bridgehead atoms. The summed E-state index contributed by atoms with van der Waals surface area (Å²) in [5.74, 6) is 0.0205. The maximum absolute atomic E-state index is 12.2. The van der Waals surface area contributed by atoms with E-state index in [-0.39, 0.29) is 11.8 Å². The smallest absolute Gasteiger partial charge is 0.243 e. The van der Waals surface area contributed by atoms with Crippen molar-refractivity contribution in [1.82, 2.24) is 15.1 Å². The zero-order valence-corrected chi connectivity index (χ0v) is 11.4. The van der Waals surface area contributed by atoms with E-state index in [4.69, 9.17) is 0 Å².